The van der Waals surface area contributed by atoms with Gasteiger partial charge in [-0.2, -0.15) is 0 Å². The predicted molar refractivity (Wildman–Crippen MR) is 78.4 cm³/mol. The molecule has 3 rings (SSSR count). The zero-order valence-corrected chi connectivity index (χ0v) is 11.6. The summed E-state index contributed by atoms with van der Waals surface area (Å²) in [7, 11) is 0. The molecule has 102 valence electrons. The zero-order chi connectivity index (χ0) is 14.1. The lowest BCUT2D eigenvalue weighted by Crippen LogP contribution is -2.01. The molecule has 0 unspecified atom stereocenters. The Hall–Kier alpha value is -2.21. The van der Waals surface area contributed by atoms with Gasteiger partial charge in [-0.3, -0.25) is 0 Å². The highest BCUT2D eigenvalue weighted by Gasteiger charge is 2.16. The summed E-state index contributed by atoms with van der Waals surface area (Å²) >= 11 is 1.54. The third kappa shape index (κ3) is 2.18. The van der Waals surface area contributed by atoms with Crippen LogP contribution in [0.5, 0.6) is 0 Å². The Labute approximate surface area is 119 Å². The van der Waals surface area contributed by atoms with E-state index in [2.05, 4.69) is 9.97 Å². The maximum atomic E-state index is 11.0. The minimum absolute atomic E-state index is 0.164. The predicted octanol–water partition coefficient (Wildman–Crippen LogP) is 2.83. The van der Waals surface area contributed by atoms with Gasteiger partial charge in [-0.25, -0.2) is 9.78 Å². The third-order valence-electron chi connectivity index (χ3n) is 3.10. The average molecular weight is 287 g/mol. The van der Waals surface area contributed by atoms with Crippen molar-refractivity contribution in [2.24, 2.45) is 0 Å². The fourth-order valence-corrected chi connectivity index (χ4v) is 2.74. The number of carboxylic acids is 1. The molecule has 3 aromatic rings. The van der Waals surface area contributed by atoms with E-state index in [9.17, 15) is 4.79 Å². The quantitative estimate of drug-likeness (QED) is 0.724. The first kappa shape index (κ1) is 12.8. The first-order valence-electron chi connectivity index (χ1n) is 6.09. The molecule has 0 saturated heterocycles. The van der Waals surface area contributed by atoms with Gasteiger partial charge in [-0.05, 0) is 17.9 Å². The van der Waals surface area contributed by atoms with Crippen molar-refractivity contribution in [3.63, 3.8) is 0 Å². The Morgan fingerprint density at radius 1 is 1.40 bits per heavy atom. The molecule has 0 aliphatic heterocycles. The van der Waals surface area contributed by atoms with Crippen molar-refractivity contribution in [2.75, 3.05) is 6.26 Å². The summed E-state index contributed by atoms with van der Waals surface area (Å²) in [6.07, 6.45) is 1.96. The van der Waals surface area contributed by atoms with Crippen LogP contribution in [0.15, 0.2) is 41.6 Å². The summed E-state index contributed by atoms with van der Waals surface area (Å²) in [6, 6.07) is 11.7. The highest BCUT2D eigenvalue weighted by atomic mass is 32.2. The van der Waals surface area contributed by atoms with Crippen LogP contribution in [-0.4, -0.2) is 31.9 Å². The summed E-state index contributed by atoms with van der Waals surface area (Å²) in [6.45, 7) is 0.671. The summed E-state index contributed by atoms with van der Waals surface area (Å²) < 4.78 is 2.03. The first-order valence-corrected chi connectivity index (χ1v) is 7.32. The fourth-order valence-electron chi connectivity index (χ4n) is 2.17. The number of H-pyrrole nitrogens is 1. The van der Waals surface area contributed by atoms with Gasteiger partial charge < -0.3 is 14.7 Å². The van der Waals surface area contributed by atoms with Crippen LogP contribution in [0.25, 0.3) is 11.2 Å². The lowest BCUT2D eigenvalue weighted by atomic mass is 10.2. The van der Waals surface area contributed by atoms with Gasteiger partial charge in [0.25, 0.3) is 0 Å². The van der Waals surface area contributed by atoms with E-state index < -0.39 is 5.97 Å². The van der Waals surface area contributed by atoms with Crippen molar-refractivity contribution in [1.29, 1.82) is 0 Å². The van der Waals surface area contributed by atoms with E-state index in [-0.39, 0.29) is 5.69 Å². The van der Waals surface area contributed by atoms with Gasteiger partial charge in [0.1, 0.15) is 5.69 Å². The molecule has 0 aliphatic carbocycles. The highest BCUT2D eigenvalue weighted by molar-refractivity contribution is 7.98. The Balaban J connectivity index is 2.09. The van der Waals surface area contributed by atoms with Crippen LogP contribution < -0.4 is 0 Å². The van der Waals surface area contributed by atoms with E-state index in [0.29, 0.717) is 12.2 Å². The van der Waals surface area contributed by atoms with Crippen LogP contribution >= 0.6 is 11.8 Å². The van der Waals surface area contributed by atoms with Crippen molar-refractivity contribution < 1.29 is 9.90 Å². The Bertz CT molecular complexity index is 761. The van der Waals surface area contributed by atoms with Crippen LogP contribution in [0, 0.1) is 0 Å². The van der Waals surface area contributed by atoms with Gasteiger partial charge in [0.2, 0.25) is 0 Å². The number of carbonyl (C=O) groups is 1. The van der Waals surface area contributed by atoms with E-state index in [1.54, 1.807) is 17.8 Å². The number of fused-ring (bicyclic) bond motifs is 1. The highest BCUT2D eigenvalue weighted by Crippen LogP contribution is 2.24. The number of hydrogen-bond acceptors (Lipinski definition) is 3. The van der Waals surface area contributed by atoms with Gasteiger partial charge in [0, 0.05) is 0 Å². The summed E-state index contributed by atoms with van der Waals surface area (Å²) in [5.41, 5.74) is 2.75. The lowest BCUT2D eigenvalue weighted by Gasteiger charge is -2.06. The zero-order valence-electron chi connectivity index (χ0n) is 10.8. The molecular weight excluding hydrogens is 274 g/mol. The summed E-state index contributed by atoms with van der Waals surface area (Å²) in [5, 5.41) is 9.91. The first-order chi connectivity index (χ1) is 9.69. The molecule has 0 saturated carbocycles. The molecule has 0 spiro atoms. The number of nitrogens with one attached hydrogen (secondary N) is 1. The molecule has 1 aromatic carbocycles. The van der Waals surface area contributed by atoms with Gasteiger partial charge >= 0.3 is 5.97 Å². The number of nitrogens with zero attached hydrogens (tertiary/aromatic N) is 2. The van der Waals surface area contributed by atoms with Crippen LogP contribution in [0.1, 0.15) is 16.1 Å². The molecule has 2 N–H and O–H groups in total. The molecule has 0 atom stereocenters. The van der Waals surface area contributed by atoms with Gasteiger partial charge in [-0.1, -0.05) is 42.1 Å². The number of aromatic carboxylic acids is 1. The minimum atomic E-state index is -0.972. The van der Waals surface area contributed by atoms with Gasteiger partial charge in [-0.15, -0.1) is 0 Å². The number of rotatable bonds is 4. The third-order valence-corrected chi connectivity index (χ3v) is 3.78. The lowest BCUT2D eigenvalue weighted by molar-refractivity contribution is 0.0691. The SMILES string of the molecule is CSc1nc2[nH]c(C(=O)O)cc2n1Cc1ccccc1. The number of aromatic amines is 1. The largest absolute Gasteiger partial charge is 0.477 e. The van der Waals surface area contributed by atoms with Gasteiger partial charge in [0.15, 0.2) is 10.8 Å². The fraction of sp³-hybridized carbons (Fsp3) is 0.143. The topological polar surface area (TPSA) is 70.9 Å². The Morgan fingerprint density at radius 3 is 2.80 bits per heavy atom. The second-order valence-electron chi connectivity index (χ2n) is 4.39. The van der Waals surface area contributed by atoms with E-state index >= 15 is 0 Å². The minimum Gasteiger partial charge on any atom is -0.477 e. The second kappa shape index (κ2) is 5.05. The van der Waals surface area contributed by atoms with Crippen molar-refractivity contribution in [2.45, 2.75) is 11.7 Å². The van der Waals surface area contributed by atoms with E-state index in [1.807, 2.05) is 41.2 Å². The Morgan fingerprint density at radius 2 is 2.15 bits per heavy atom. The van der Waals surface area contributed by atoms with E-state index in [4.69, 9.17) is 5.11 Å². The van der Waals surface area contributed by atoms with E-state index in [0.717, 1.165) is 16.2 Å². The molecule has 0 aliphatic rings. The van der Waals surface area contributed by atoms with Crippen molar-refractivity contribution in [3.8, 4) is 0 Å². The van der Waals surface area contributed by atoms with Crippen molar-refractivity contribution in [3.05, 3.63) is 47.7 Å². The van der Waals surface area contributed by atoms with Crippen LogP contribution in [0.3, 0.4) is 0 Å². The van der Waals surface area contributed by atoms with Crippen LogP contribution in [0.2, 0.25) is 0 Å². The number of carboxylic acid groups (broad SMARTS) is 1. The summed E-state index contributed by atoms with van der Waals surface area (Å²) in [4.78, 5) is 18.3. The molecule has 6 heteroatoms. The second-order valence-corrected chi connectivity index (χ2v) is 5.17. The average Bonchev–Trinajstić information content (AvgIpc) is 2.99. The normalized spacial score (nSPS) is 11.1. The maximum Gasteiger partial charge on any atom is 0.352 e. The molecule has 0 bridgehead atoms. The van der Waals surface area contributed by atoms with Crippen molar-refractivity contribution >= 4 is 28.9 Å². The molecule has 0 radical (unpaired) electrons. The summed E-state index contributed by atoms with van der Waals surface area (Å²) in [5.74, 6) is -0.972. The number of thioether (sulfide) groups is 1. The molecule has 20 heavy (non-hydrogen) atoms. The number of imidazole rings is 1. The van der Waals surface area contributed by atoms with Crippen molar-refractivity contribution in [1.82, 2.24) is 14.5 Å². The van der Waals surface area contributed by atoms with E-state index in [1.165, 1.54) is 0 Å². The smallest absolute Gasteiger partial charge is 0.352 e. The van der Waals surface area contributed by atoms with Gasteiger partial charge in [0.05, 0.1) is 12.1 Å². The molecule has 2 heterocycles. The standard InChI is InChI=1S/C14H13N3O2S/c1-20-14-16-12-11(7-10(15-12)13(18)19)17(14)8-9-5-3-2-4-6-9/h2-7,15H,8H2,1H3,(H,18,19). The molecule has 2 aromatic heterocycles. The molecule has 0 amide bonds. The number of aromatic nitrogens is 3. The molecular formula is C14H13N3O2S. The number of benzene rings is 1. The Kier molecular flexibility index (Phi) is 3.23. The molecule has 0 fully saturated rings. The monoisotopic (exact) mass is 287 g/mol. The maximum absolute atomic E-state index is 11.0. The number of hydrogen-bond donors (Lipinski definition) is 2. The molecule has 5 nitrogen and oxygen atoms in total. The van der Waals surface area contributed by atoms with Crippen LogP contribution in [0.4, 0.5) is 0 Å². The van der Waals surface area contributed by atoms with Crippen LogP contribution in [-0.2, 0) is 6.54 Å².